The first kappa shape index (κ1) is 18.9. The normalized spacial score (nSPS) is 26.4. The van der Waals surface area contributed by atoms with Crippen LogP contribution in [-0.4, -0.2) is 15.0 Å². The van der Waals surface area contributed by atoms with E-state index in [4.69, 9.17) is 0 Å². The summed E-state index contributed by atoms with van der Waals surface area (Å²) in [5.41, 5.74) is 1.23. The molecule has 2 atom stereocenters. The number of hydrogen-bond donors (Lipinski definition) is 1. The number of aryl methyl sites for hydroxylation is 2. The van der Waals surface area contributed by atoms with E-state index in [0.717, 1.165) is 33.4 Å². The van der Waals surface area contributed by atoms with Crippen LogP contribution in [0.3, 0.4) is 0 Å². The van der Waals surface area contributed by atoms with Gasteiger partial charge in [0, 0.05) is 21.5 Å². The quantitative estimate of drug-likeness (QED) is 0.788. The highest BCUT2D eigenvalue weighted by Gasteiger charge is 2.49. The molecule has 0 bridgehead atoms. The Morgan fingerprint density at radius 3 is 2.52 bits per heavy atom. The minimum Gasteiger partial charge on any atom is -0.211 e. The van der Waals surface area contributed by atoms with Crippen molar-refractivity contribution in [3.8, 4) is 0 Å². The summed E-state index contributed by atoms with van der Waals surface area (Å²) in [6.07, 6.45) is 2.22. The summed E-state index contributed by atoms with van der Waals surface area (Å²) in [7, 11) is -3.52. The summed E-state index contributed by atoms with van der Waals surface area (Å²) in [4.78, 5) is 1.32. The topological polar surface area (TPSA) is 46.2 Å². The SMILES string of the molecule is Cc1sc2c(C)cccc2c1S(=O)(=O)NC[C@]1(C)CC[C@H](C)C1(C)C. The molecule has 5 heteroatoms. The van der Waals surface area contributed by atoms with E-state index in [2.05, 4.69) is 32.4 Å². The third kappa shape index (κ3) is 2.94. The number of benzene rings is 1. The van der Waals surface area contributed by atoms with Crippen LogP contribution >= 0.6 is 11.3 Å². The van der Waals surface area contributed by atoms with Crippen LogP contribution in [-0.2, 0) is 10.0 Å². The van der Waals surface area contributed by atoms with Crippen LogP contribution in [0.1, 0.15) is 51.0 Å². The molecule has 1 heterocycles. The zero-order valence-corrected chi connectivity index (χ0v) is 17.7. The first-order valence-electron chi connectivity index (χ1n) is 8.98. The lowest BCUT2D eigenvalue weighted by Gasteiger charge is -2.41. The molecule has 0 unspecified atom stereocenters. The molecule has 2 aromatic rings. The third-order valence-electron chi connectivity index (χ3n) is 6.87. The predicted octanol–water partition coefficient (Wildman–Crippen LogP) is 5.26. The summed E-state index contributed by atoms with van der Waals surface area (Å²) >= 11 is 1.57. The van der Waals surface area contributed by atoms with Gasteiger partial charge in [0.1, 0.15) is 4.90 Å². The smallest absolute Gasteiger partial charge is 0.211 e. The average Bonchev–Trinajstić information content (AvgIpc) is 2.97. The lowest BCUT2D eigenvalue weighted by molar-refractivity contribution is 0.100. The van der Waals surface area contributed by atoms with Crippen molar-refractivity contribution < 1.29 is 8.42 Å². The average molecular weight is 380 g/mol. The van der Waals surface area contributed by atoms with E-state index < -0.39 is 10.0 Å². The lowest BCUT2D eigenvalue weighted by atomic mass is 9.66. The summed E-state index contributed by atoms with van der Waals surface area (Å²) in [5, 5.41) is 0.846. The van der Waals surface area contributed by atoms with Crippen molar-refractivity contribution in [2.24, 2.45) is 16.7 Å². The second-order valence-corrected chi connectivity index (χ2v) is 11.4. The Hall–Kier alpha value is -0.910. The highest BCUT2D eigenvalue weighted by Crippen LogP contribution is 2.55. The Morgan fingerprint density at radius 2 is 1.92 bits per heavy atom. The molecule has 25 heavy (non-hydrogen) atoms. The van der Waals surface area contributed by atoms with Crippen LogP contribution in [0.25, 0.3) is 10.1 Å². The van der Waals surface area contributed by atoms with E-state index in [-0.39, 0.29) is 10.8 Å². The Balaban J connectivity index is 1.94. The Morgan fingerprint density at radius 1 is 1.24 bits per heavy atom. The van der Waals surface area contributed by atoms with Gasteiger partial charge in [-0.3, -0.25) is 0 Å². The van der Waals surface area contributed by atoms with Crippen LogP contribution in [0.15, 0.2) is 23.1 Å². The van der Waals surface area contributed by atoms with Gasteiger partial charge >= 0.3 is 0 Å². The Bertz CT molecular complexity index is 911. The largest absolute Gasteiger partial charge is 0.242 e. The molecule has 1 aromatic carbocycles. The summed E-state index contributed by atoms with van der Waals surface area (Å²) < 4.78 is 30.3. The molecular formula is C20H29NO2S2. The molecule has 138 valence electrons. The molecule has 1 N–H and O–H groups in total. The number of fused-ring (bicyclic) bond motifs is 1. The van der Waals surface area contributed by atoms with E-state index in [9.17, 15) is 8.42 Å². The zero-order valence-electron chi connectivity index (χ0n) is 16.1. The maximum atomic E-state index is 13.1. The molecule has 1 aliphatic carbocycles. The van der Waals surface area contributed by atoms with Crippen molar-refractivity contribution in [1.82, 2.24) is 4.72 Å². The van der Waals surface area contributed by atoms with Gasteiger partial charge in [-0.25, -0.2) is 13.1 Å². The van der Waals surface area contributed by atoms with Crippen molar-refractivity contribution in [3.63, 3.8) is 0 Å². The van der Waals surface area contributed by atoms with Crippen molar-refractivity contribution in [3.05, 3.63) is 28.6 Å². The van der Waals surface area contributed by atoms with Gasteiger partial charge in [0.15, 0.2) is 0 Å². The Kier molecular flexibility index (Phi) is 4.58. The molecule has 0 radical (unpaired) electrons. The molecule has 0 amide bonds. The maximum absolute atomic E-state index is 13.1. The van der Waals surface area contributed by atoms with Crippen molar-refractivity contribution >= 4 is 31.4 Å². The summed E-state index contributed by atoms with van der Waals surface area (Å²) in [6, 6.07) is 5.89. The van der Waals surface area contributed by atoms with Gasteiger partial charge in [0.2, 0.25) is 10.0 Å². The van der Waals surface area contributed by atoms with Gasteiger partial charge in [-0.15, -0.1) is 11.3 Å². The van der Waals surface area contributed by atoms with Gasteiger partial charge in [-0.1, -0.05) is 45.9 Å². The first-order chi connectivity index (χ1) is 11.5. The van der Waals surface area contributed by atoms with E-state index in [1.54, 1.807) is 11.3 Å². The molecule has 1 aromatic heterocycles. The number of rotatable bonds is 4. The highest BCUT2D eigenvalue weighted by atomic mass is 32.2. The monoisotopic (exact) mass is 379 g/mol. The van der Waals surface area contributed by atoms with Crippen LogP contribution in [0, 0.1) is 30.6 Å². The third-order valence-corrected chi connectivity index (χ3v) is 9.84. The van der Waals surface area contributed by atoms with E-state index in [1.807, 2.05) is 32.0 Å². The van der Waals surface area contributed by atoms with Crippen molar-refractivity contribution in [2.45, 2.75) is 59.3 Å². The Labute approximate surface area is 155 Å². The van der Waals surface area contributed by atoms with E-state index in [0.29, 0.717) is 17.4 Å². The van der Waals surface area contributed by atoms with Crippen molar-refractivity contribution in [1.29, 1.82) is 0 Å². The minimum absolute atomic E-state index is 0.0187. The molecule has 1 fully saturated rings. The zero-order chi connectivity index (χ0) is 18.6. The van der Waals surface area contributed by atoms with Gasteiger partial charge in [0.25, 0.3) is 0 Å². The molecule has 1 aliphatic rings. The van der Waals surface area contributed by atoms with Gasteiger partial charge in [-0.05, 0) is 49.0 Å². The van der Waals surface area contributed by atoms with E-state index >= 15 is 0 Å². The van der Waals surface area contributed by atoms with E-state index in [1.165, 1.54) is 0 Å². The molecule has 0 spiro atoms. The summed E-state index contributed by atoms with van der Waals surface area (Å²) in [6.45, 7) is 13.5. The highest BCUT2D eigenvalue weighted by molar-refractivity contribution is 7.90. The second kappa shape index (κ2) is 6.07. The predicted molar refractivity (Wildman–Crippen MR) is 107 cm³/mol. The van der Waals surface area contributed by atoms with Crippen LogP contribution in [0.2, 0.25) is 0 Å². The number of thiophene rings is 1. The van der Waals surface area contributed by atoms with Crippen LogP contribution < -0.4 is 4.72 Å². The fourth-order valence-corrected chi connectivity index (χ4v) is 7.17. The maximum Gasteiger partial charge on any atom is 0.242 e. The number of hydrogen-bond acceptors (Lipinski definition) is 3. The fraction of sp³-hybridized carbons (Fsp3) is 0.600. The standard InChI is InChI=1S/C20H29NO2S2/c1-13-8-7-9-16-17(13)24-15(3)18(16)25(22,23)21-12-20(6)11-10-14(2)19(20,4)5/h7-9,14,21H,10-12H2,1-6H3/t14-,20-/m0/s1. The molecule has 0 aliphatic heterocycles. The lowest BCUT2D eigenvalue weighted by Crippen LogP contribution is -2.43. The number of nitrogens with one attached hydrogen (secondary N) is 1. The fourth-order valence-electron chi connectivity index (χ4n) is 4.15. The molecule has 3 rings (SSSR count). The molecule has 1 saturated carbocycles. The minimum atomic E-state index is -3.52. The van der Waals surface area contributed by atoms with Crippen LogP contribution in [0.5, 0.6) is 0 Å². The number of sulfonamides is 1. The first-order valence-corrected chi connectivity index (χ1v) is 11.3. The van der Waals surface area contributed by atoms with Crippen molar-refractivity contribution in [2.75, 3.05) is 6.54 Å². The second-order valence-electron chi connectivity index (χ2n) is 8.49. The molecule has 3 nitrogen and oxygen atoms in total. The van der Waals surface area contributed by atoms with Gasteiger partial charge in [0.05, 0.1) is 0 Å². The molecule has 0 saturated heterocycles. The van der Waals surface area contributed by atoms with Crippen LogP contribution in [0.4, 0.5) is 0 Å². The summed E-state index contributed by atoms with van der Waals surface area (Å²) in [5.74, 6) is 0.605. The van der Waals surface area contributed by atoms with Gasteiger partial charge in [-0.2, -0.15) is 0 Å². The molecular weight excluding hydrogens is 350 g/mol. The van der Waals surface area contributed by atoms with Gasteiger partial charge < -0.3 is 0 Å².